The molecule has 0 saturated heterocycles. The largest absolute Gasteiger partial charge is 0.349 e. The third-order valence-electron chi connectivity index (χ3n) is 1.39. The molecule has 0 aromatic rings. The van der Waals surface area contributed by atoms with Gasteiger partial charge in [0.1, 0.15) is 5.71 Å². The van der Waals surface area contributed by atoms with Gasteiger partial charge in [0, 0.05) is 18.7 Å². The molecule has 2 N–H and O–H groups in total. The molecule has 0 saturated carbocycles. The van der Waals surface area contributed by atoms with Gasteiger partial charge in [-0.25, -0.2) is 0 Å². The van der Waals surface area contributed by atoms with Gasteiger partial charge in [0.05, 0.1) is 6.54 Å². The maximum Gasteiger partial charge on any atom is 0.265 e. The Kier molecular flexibility index (Phi) is 2.36. The van der Waals surface area contributed by atoms with Crippen LogP contribution in [-0.2, 0) is 4.79 Å². The third kappa shape index (κ3) is 2.14. The number of rotatable bonds is 2. The van der Waals surface area contributed by atoms with Gasteiger partial charge in [-0.15, -0.1) is 0 Å². The zero-order valence-electron chi connectivity index (χ0n) is 6.48. The Morgan fingerprint density at radius 2 is 2.55 bits per heavy atom. The molecule has 1 rings (SSSR count). The molecule has 0 radical (unpaired) electrons. The van der Waals surface area contributed by atoms with Crippen molar-refractivity contribution in [1.29, 1.82) is 5.41 Å². The van der Waals surface area contributed by atoms with Crippen molar-refractivity contribution in [2.75, 3.05) is 13.1 Å². The molecule has 1 aliphatic rings. The molecule has 4 nitrogen and oxygen atoms in total. The fraction of sp³-hybridized carbons (Fsp3) is 0.571. The van der Waals surface area contributed by atoms with E-state index in [4.69, 9.17) is 5.41 Å². The number of hydrogen-bond acceptors (Lipinski definition) is 3. The smallest absolute Gasteiger partial charge is 0.265 e. The van der Waals surface area contributed by atoms with Crippen molar-refractivity contribution >= 4 is 17.3 Å². The molecule has 0 unspecified atom stereocenters. The third-order valence-corrected chi connectivity index (χ3v) is 1.39. The number of carbonyl (C=O) groups excluding carboxylic acids is 1. The minimum Gasteiger partial charge on any atom is -0.349 e. The molecule has 0 spiro atoms. The van der Waals surface area contributed by atoms with Crippen LogP contribution in [0.3, 0.4) is 0 Å². The lowest BCUT2D eigenvalue weighted by atomic mass is 10.1. The molecule has 0 fully saturated rings. The molecule has 0 aliphatic carbocycles. The Labute approximate surface area is 65.2 Å². The van der Waals surface area contributed by atoms with Crippen LogP contribution in [0.1, 0.15) is 13.3 Å². The summed E-state index contributed by atoms with van der Waals surface area (Å²) in [5.41, 5.74) is 0.963. The van der Waals surface area contributed by atoms with E-state index in [-0.39, 0.29) is 5.91 Å². The van der Waals surface area contributed by atoms with Crippen molar-refractivity contribution < 1.29 is 4.79 Å². The van der Waals surface area contributed by atoms with Gasteiger partial charge in [-0.2, -0.15) is 0 Å². The minimum absolute atomic E-state index is 0.122. The summed E-state index contributed by atoms with van der Waals surface area (Å²) < 4.78 is 0. The predicted octanol–water partition coefficient (Wildman–Crippen LogP) is -0.0130. The van der Waals surface area contributed by atoms with E-state index < -0.39 is 0 Å². The van der Waals surface area contributed by atoms with Crippen LogP contribution in [0.2, 0.25) is 0 Å². The summed E-state index contributed by atoms with van der Waals surface area (Å²) in [6.07, 6.45) is 0.381. The molecule has 0 aromatic heterocycles. The molecule has 1 heterocycles. The van der Waals surface area contributed by atoms with Crippen molar-refractivity contribution in [2.24, 2.45) is 4.99 Å². The van der Waals surface area contributed by atoms with Gasteiger partial charge in [-0.3, -0.25) is 9.79 Å². The van der Waals surface area contributed by atoms with Crippen molar-refractivity contribution in [1.82, 2.24) is 5.32 Å². The van der Waals surface area contributed by atoms with Gasteiger partial charge in [0.25, 0.3) is 5.91 Å². The highest BCUT2D eigenvalue weighted by Crippen LogP contribution is 1.94. The molecule has 1 amide bonds. The first-order valence-electron chi connectivity index (χ1n) is 3.55. The molecule has 0 aromatic carbocycles. The second-order valence-electron chi connectivity index (χ2n) is 2.54. The Hall–Kier alpha value is -1.19. The lowest BCUT2D eigenvalue weighted by Crippen LogP contribution is -2.38. The fourth-order valence-corrected chi connectivity index (χ4v) is 0.921. The van der Waals surface area contributed by atoms with E-state index in [1.54, 1.807) is 6.92 Å². The number of nitrogens with one attached hydrogen (secondary N) is 2. The lowest BCUT2D eigenvalue weighted by Gasteiger charge is -2.11. The second-order valence-corrected chi connectivity index (χ2v) is 2.54. The van der Waals surface area contributed by atoms with Gasteiger partial charge in [-0.05, 0) is 6.92 Å². The average Bonchev–Trinajstić information content (AvgIpc) is 1.93. The van der Waals surface area contributed by atoms with Crippen LogP contribution in [0.4, 0.5) is 0 Å². The van der Waals surface area contributed by atoms with Crippen molar-refractivity contribution in [3.8, 4) is 0 Å². The monoisotopic (exact) mass is 153 g/mol. The molecule has 0 bridgehead atoms. The molecule has 11 heavy (non-hydrogen) atoms. The maximum atomic E-state index is 11.0. The molecular weight excluding hydrogens is 142 g/mol. The number of hydrogen-bond donors (Lipinski definition) is 2. The molecule has 4 heteroatoms. The highest BCUT2D eigenvalue weighted by atomic mass is 16.2. The summed E-state index contributed by atoms with van der Waals surface area (Å²) in [4.78, 5) is 15.0. The van der Waals surface area contributed by atoms with Crippen LogP contribution in [0.5, 0.6) is 0 Å². The van der Waals surface area contributed by atoms with Gasteiger partial charge < -0.3 is 10.7 Å². The van der Waals surface area contributed by atoms with Crippen LogP contribution in [0.15, 0.2) is 4.99 Å². The zero-order valence-corrected chi connectivity index (χ0v) is 6.48. The number of carbonyl (C=O) groups is 1. The standard InChI is InChI=1S/C7H11N3O/c1-5(8)4-6-7(11)10-3-2-9-6/h8H,2-4H2,1H3,(H,10,11). The molecule has 0 atom stereocenters. The predicted molar refractivity (Wildman–Crippen MR) is 43.3 cm³/mol. The van der Waals surface area contributed by atoms with E-state index in [1.165, 1.54) is 0 Å². The van der Waals surface area contributed by atoms with Crippen LogP contribution in [0.25, 0.3) is 0 Å². The van der Waals surface area contributed by atoms with Crippen LogP contribution in [-0.4, -0.2) is 30.4 Å². The topological polar surface area (TPSA) is 65.3 Å². The summed E-state index contributed by atoms with van der Waals surface area (Å²) in [6, 6.07) is 0. The van der Waals surface area contributed by atoms with Crippen molar-refractivity contribution in [3.05, 3.63) is 0 Å². The van der Waals surface area contributed by atoms with Gasteiger partial charge in [0.2, 0.25) is 0 Å². The van der Waals surface area contributed by atoms with Crippen molar-refractivity contribution in [2.45, 2.75) is 13.3 Å². The molecular formula is C7H11N3O. The average molecular weight is 153 g/mol. The summed E-state index contributed by atoms with van der Waals surface area (Å²) in [5.74, 6) is -0.122. The Bertz CT molecular complexity index is 220. The van der Waals surface area contributed by atoms with Crippen molar-refractivity contribution in [3.63, 3.8) is 0 Å². The summed E-state index contributed by atoms with van der Waals surface area (Å²) in [7, 11) is 0. The quantitative estimate of drug-likeness (QED) is 0.538. The highest BCUT2D eigenvalue weighted by Gasteiger charge is 2.14. The first-order chi connectivity index (χ1) is 5.20. The lowest BCUT2D eigenvalue weighted by molar-refractivity contribution is -0.115. The summed E-state index contributed by atoms with van der Waals surface area (Å²) in [6.45, 7) is 2.94. The van der Waals surface area contributed by atoms with E-state index in [9.17, 15) is 4.79 Å². The summed E-state index contributed by atoms with van der Waals surface area (Å²) >= 11 is 0. The van der Waals surface area contributed by atoms with E-state index in [2.05, 4.69) is 10.3 Å². The van der Waals surface area contributed by atoms with E-state index in [0.29, 0.717) is 30.9 Å². The Morgan fingerprint density at radius 3 is 3.09 bits per heavy atom. The first-order valence-corrected chi connectivity index (χ1v) is 3.55. The summed E-state index contributed by atoms with van der Waals surface area (Å²) in [5, 5.41) is 9.83. The number of aliphatic imine (C=N–C) groups is 1. The fourth-order valence-electron chi connectivity index (χ4n) is 0.921. The number of nitrogens with zero attached hydrogens (tertiary/aromatic N) is 1. The van der Waals surface area contributed by atoms with Gasteiger partial charge in [-0.1, -0.05) is 0 Å². The normalized spacial score (nSPS) is 17.2. The SMILES string of the molecule is CC(=N)CC1=NCCNC1=O. The van der Waals surface area contributed by atoms with Gasteiger partial charge in [0.15, 0.2) is 0 Å². The number of amides is 1. The molecule has 60 valence electrons. The molecule has 1 aliphatic heterocycles. The van der Waals surface area contributed by atoms with E-state index >= 15 is 0 Å². The minimum atomic E-state index is -0.122. The van der Waals surface area contributed by atoms with Crippen LogP contribution < -0.4 is 5.32 Å². The van der Waals surface area contributed by atoms with Crippen LogP contribution in [0, 0.1) is 5.41 Å². The van der Waals surface area contributed by atoms with E-state index in [1.807, 2.05) is 0 Å². The van der Waals surface area contributed by atoms with E-state index in [0.717, 1.165) is 0 Å². The van der Waals surface area contributed by atoms with Gasteiger partial charge >= 0.3 is 0 Å². The van der Waals surface area contributed by atoms with Crippen LogP contribution >= 0.6 is 0 Å². The maximum absolute atomic E-state index is 11.0. The first kappa shape index (κ1) is 7.91. The second kappa shape index (κ2) is 3.27. The highest BCUT2D eigenvalue weighted by molar-refractivity contribution is 6.42. The Balaban J connectivity index is 2.61. The Morgan fingerprint density at radius 1 is 1.82 bits per heavy atom. The zero-order chi connectivity index (χ0) is 8.27.